The number of oxime groups is 1. The molecule has 2 aromatic rings. The third-order valence-electron chi connectivity index (χ3n) is 2.62. The van der Waals surface area contributed by atoms with E-state index in [1.807, 2.05) is 31.2 Å². The number of rotatable bonds is 2. The largest absolute Gasteiger partial charge is 0.410 e. The molecule has 0 atom stereocenters. The summed E-state index contributed by atoms with van der Waals surface area (Å²) >= 11 is 12.2. The van der Waals surface area contributed by atoms with Gasteiger partial charge in [-0.05, 0) is 19.1 Å². The van der Waals surface area contributed by atoms with Gasteiger partial charge >= 0.3 is 0 Å². The van der Waals surface area contributed by atoms with Gasteiger partial charge in [-0.3, -0.25) is 0 Å². The maximum absolute atomic E-state index is 9.22. The van der Waals surface area contributed by atoms with Gasteiger partial charge in [0.05, 0.1) is 10.0 Å². The first kappa shape index (κ1) is 12.9. The molecule has 0 unspecified atom stereocenters. The van der Waals surface area contributed by atoms with Gasteiger partial charge in [0.25, 0.3) is 0 Å². The summed E-state index contributed by atoms with van der Waals surface area (Å²) in [6, 6.07) is 12.8. The summed E-state index contributed by atoms with van der Waals surface area (Å²) in [6.07, 6.45) is 0. The van der Waals surface area contributed by atoms with Gasteiger partial charge in [0, 0.05) is 11.1 Å². The molecule has 0 spiro atoms. The second kappa shape index (κ2) is 5.42. The quantitative estimate of drug-likeness (QED) is 0.489. The van der Waals surface area contributed by atoms with Crippen LogP contribution in [0.25, 0.3) is 0 Å². The third-order valence-corrected chi connectivity index (χ3v) is 3.25. The fourth-order valence-corrected chi connectivity index (χ4v) is 2.26. The molecule has 0 aliphatic carbocycles. The Balaban J connectivity index is 2.57. The van der Waals surface area contributed by atoms with Crippen LogP contribution in [0, 0.1) is 6.92 Å². The minimum absolute atomic E-state index is 0.366. The smallest absolute Gasteiger partial charge is 0.120 e. The summed E-state index contributed by atoms with van der Waals surface area (Å²) in [5.41, 5.74) is 2.79. The van der Waals surface area contributed by atoms with Crippen molar-refractivity contribution < 1.29 is 5.21 Å². The lowest BCUT2D eigenvalue weighted by Gasteiger charge is -2.09. The molecule has 0 heterocycles. The van der Waals surface area contributed by atoms with Crippen LogP contribution in [0.3, 0.4) is 0 Å². The second-order valence-electron chi connectivity index (χ2n) is 3.91. The van der Waals surface area contributed by atoms with Crippen molar-refractivity contribution in [2.45, 2.75) is 6.92 Å². The minimum Gasteiger partial charge on any atom is -0.410 e. The summed E-state index contributed by atoms with van der Waals surface area (Å²) in [6.45, 7) is 1.99. The lowest BCUT2D eigenvalue weighted by atomic mass is 10.0. The van der Waals surface area contributed by atoms with Gasteiger partial charge in [0.15, 0.2) is 0 Å². The van der Waals surface area contributed by atoms with Gasteiger partial charge in [0.1, 0.15) is 5.71 Å². The SMILES string of the molecule is Cc1ccc(/C(=N/O)c2c(Cl)cccc2Cl)cc1. The summed E-state index contributed by atoms with van der Waals surface area (Å²) in [5.74, 6) is 0. The molecule has 2 nitrogen and oxygen atoms in total. The van der Waals surface area contributed by atoms with Gasteiger partial charge < -0.3 is 5.21 Å². The molecule has 4 heteroatoms. The van der Waals surface area contributed by atoms with Gasteiger partial charge in [-0.15, -0.1) is 0 Å². The molecule has 92 valence electrons. The molecule has 0 fully saturated rings. The summed E-state index contributed by atoms with van der Waals surface area (Å²) in [4.78, 5) is 0. The van der Waals surface area contributed by atoms with Crippen molar-refractivity contribution in [3.8, 4) is 0 Å². The maximum atomic E-state index is 9.22. The topological polar surface area (TPSA) is 32.6 Å². The molecule has 2 aromatic carbocycles. The van der Waals surface area contributed by atoms with Crippen LogP contribution in [-0.2, 0) is 0 Å². The van der Waals surface area contributed by atoms with Crippen LogP contribution in [0.5, 0.6) is 0 Å². The van der Waals surface area contributed by atoms with Crippen LogP contribution in [0.2, 0.25) is 10.0 Å². The van der Waals surface area contributed by atoms with Crippen molar-refractivity contribution >= 4 is 28.9 Å². The average molecular weight is 280 g/mol. The Bertz CT molecular complexity index is 571. The van der Waals surface area contributed by atoms with Crippen molar-refractivity contribution in [2.75, 3.05) is 0 Å². The highest BCUT2D eigenvalue weighted by atomic mass is 35.5. The zero-order chi connectivity index (χ0) is 13.1. The molecule has 2 rings (SSSR count). The van der Waals surface area contributed by atoms with E-state index in [2.05, 4.69) is 5.16 Å². The highest BCUT2D eigenvalue weighted by molar-refractivity contribution is 6.41. The lowest BCUT2D eigenvalue weighted by Crippen LogP contribution is -2.05. The fraction of sp³-hybridized carbons (Fsp3) is 0.0714. The number of aryl methyl sites for hydroxylation is 1. The van der Waals surface area contributed by atoms with Crippen LogP contribution in [0.4, 0.5) is 0 Å². The number of benzene rings is 2. The van der Waals surface area contributed by atoms with Crippen LogP contribution < -0.4 is 0 Å². The molecule has 0 bridgehead atoms. The molecule has 0 aliphatic rings. The van der Waals surface area contributed by atoms with Crippen LogP contribution >= 0.6 is 23.2 Å². The predicted molar refractivity (Wildman–Crippen MR) is 75.1 cm³/mol. The summed E-state index contributed by atoms with van der Waals surface area (Å²) in [7, 11) is 0. The van der Waals surface area contributed by atoms with Gasteiger partial charge in [0.2, 0.25) is 0 Å². The van der Waals surface area contributed by atoms with E-state index in [0.29, 0.717) is 21.3 Å². The first-order valence-corrected chi connectivity index (χ1v) is 6.12. The van der Waals surface area contributed by atoms with Crippen molar-refractivity contribution in [1.82, 2.24) is 0 Å². The normalized spacial score (nSPS) is 11.6. The number of hydrogen-bond donors (Lipinski definition) is 1. The maximum Gasteiger partial charge on any atom is 0.120 e. The number of nitrogens with zero attached hydrogens (tertiary/aromatic N) is 1. The van der Waals surface area contributed by atoms with Crippen molar-refractivity contribution in [1.29, 1.82) is 0 Å². The van der Waals surface area contributed by atoms with E-state index in [1.54, 1.807) is 18.2 Å². The Hall–Kier alpha value is -1.51. The van der Waals surface area contributed by atoms with E-state index >= 15 is 0 Å². The Morgan fingerprint density at radius 3 is 2.06 bits per heavy atom. The lowest BCUT2D eigenvalue weighted by molar-refractivity contribution is 0.319. The molecular weight excluding hydrogens is 269 g/mol. The summed E-state index contributed by atoms with van der Waals surface area (Å²) in [5, 5.41) is 13.5. The first-order valence-electron chi connectivity index (χ1n) is 5.37. The van der Waals surface area contributed by atoms with Crippen molar-refractivity contribution in [3.05, 3.63) is 69.2 Å². The Kier molecular flexibility index (Phi) is 3.90. The molecule has 0 saturated carbocycles. The standard InChI is InChI=1S/C14H11Cl2NO/c1-9-5-7-10(8-6-9)14(17-18)13-11(15)3-2-4-12(13)16/h2-8,18H,1H3/b17-14-. The van der Waals surface area contributed by atoms with Crippen molar-refractivity contribution in [3.63, 3.8) is 0 Å². The first-order chi connectivity index (χ1) is 8.63. The van der Waals surface area contributed by atoms with E-state index in [9.17, 15) is 5.21 Å². The minimum atomic E-state index is 0.366. The summed E-state index contributed by atoms with van der Waals surface area (Å²) < 4.78 is 0. The second-order valence-corrected chi connectivity index (χ2v) is 4.73. The van der Waals surface area contributed by atoms with Gasteiger partial charge in [-0.1, -0.05) is 64.3 Å². The predicted octanol–water partition coefficient (Wildman–Crippen LogP) is 4.53. The molecule has 0 amide bonds. The monoisotopic (exact) mass is 279 g/mol. The highest BCUT2D eigenvalue weighted by Crippen LogP contribution is 2.27. The molecule has 0 saturated heterocycles. The molecule has 0 aromatic heterocycles. The van der Waals surface area contributed by atoms with Crippen LogP contribution in [0.15, 0.2) is 47.6 Å². The Morgan fingerprint density at radius 1 is 1.00 bits per heavy atom. The number of hydrogen-bond acceptors (Lipinski definition) is 2. The fourth-order valence-electron chi connectivity index (χ4n) is 1.69. The zero-order valence-electron chi connectivity index (χ0n) is 9.69. The molecule has 18 heavy (non-hydrogen) atoms. The molecule has 1 N–H and O–H groups in total. The van der Waals surface area contributed by atoms with E-state index in [1.165, 1.54) is 0 Å². The van der Waals surface area contributed by atoms with Gasteiger partial charge in [-0.2, -0.15) is 0 Å². The van der Waals surface area contributed by atoms with Crippen LogP contribution in [0.1, 0.15) is 16.7 Å². The number of halogens is 2. The average Bonchev–Trinajstić information content (AvgIpc) is 2.35. The highest BCUT2D eigenvalue weighted by Gasteiger charge is 2.15. The Labute approximate surface area is 115 Å². The molecule has 0 aliphatic heterocycles. The molecule has 0 radical (unpaired) electrons. The van der Waals surface area contributed by atoms with Crippen LogP contribution in [-0.4, -0.2) is 10.9 Å². The van der Waals surface area contributed by atoms with Gasteiger partial charge in [-0.25, -0.2) is 0 Å². The van der Waals surface area contributed by atoms with E-state index < -0.39 is 0 Å². The van der Waals surface area contributed by atoms with E-state index in [0.717, 1.165) is 11.1 Å². The zero-order valence-corrected chi connectivity index (χ0v) is 11.2. The Morgan fingerprint density at radius 2 is 1.56 bits per heavy atom. The molecular formula is C14H11Cl2NO. The van der Waals surface area contributed by atoms with E-state index in [-0.39, 0.29) is 0 Å². The van der Waals surface area contributed by atoms with Crippen molar-refractivity contribution in [2.24, 2.45) is 5.16 Å². The van der Waals surface area contributed by atoms with E-state index in [4.69, 9.17) is 23.2 Å². The third kappa shape index (κ3) is 2.50.